The predicted octanol–water partition coefficient (Wildman–Crippen LogP) is 1.16. The van der Waals surface area contributed by atoms with Crippen LogP contribution in [0.25, 0.3) is 0 Å². The molecular weight excluding hydrogens is 206 g/mol. The van der Waals surface area contributed by atoms with Crippen molar-refractivity contribution in [3.05, 3.63) is 18.2 Å². The van der Waals surface area contributed by atoms with Crippen molar-refractivity contribution in [3.8, 4) is 0 Å². The molecule has 0 aliphatic carbocycles. The molecule has 1 unspecified atom stereocenters. The van der Waals surface area contributed by atoms with Crippen LogP contribution in [0.3, 0.4) is 0 Å². The lowest BCUT2D eigenvalue weighted by Crippen LogP contribution is -2.32. The summed E-state index contributed by atoms with van der Waals surface area (Å²) in [7, 11) is 3.21. The standard InChI is InChI=1S/C11H21N3O2/c1-8(2)9(12)6-14-7-13-5-10(14)11(15-3)16-4/h5,7-9,11H,6,12H2,1-4H3. The average molecular weight is 227 g/mol. The summed E-state index contributed by atoms with van der Waals surface area (Å²) in [6.07, 6.45) is 3.11. The van der Waals surface area contributed by atoms with E-state index in [4.69, 9.17) is 15.2 Å². The SMILES string of the molecule is COC(OC)c1cncn1CC(N)C(C)C. The van der Waals surface area contributed by atoms with Gasteiger partial charge in [0.2, 0.25) is 0 Å². The monoisotopic (exact) mass is 227 g/mol. The number of rotatable bonds is 6. The van der Waals surface area contributed by atoms with Gasteiger partial charge in [0.15, 0.2) is 6.29 Å². The minimum atomic E-state index is -0.387. The number of ether oxygens (including phenoxy) is 2. The van der Waals surface area contributed by atoms with Crippen molar-refractivity contribution in [1.82, 2.24) is 9.55 Å². The van der Waals surface area contributed by atoms with Crippen molar-refractivity contribution < 1.29 is 9.47 Å². The van der Waals surface area contributed by atoms with Gasteiger partial charge in [-0.15, -0.1) is 0 Å². The number of aromatic nitrogens is 2. The van der Waals surface area contributed by atoms with E-state index < -0.39 is 0 Å². The molecule has 0 radical (unpaired) electrons. The molecule has 0 fully saturated rings. The van der Waals surface area contributed by atoms with Crippen LogP contribution in [0.5, 0.6) is 0 Å². The molecule has 1 atom stereocenters. The summed E-state index contributed by atoms with van der Waals surface area (Å²) >= 11 is 0. The topological polar surface area (TPSA) is 62.3 Å². The summed E-state index contributed by atoms with van der Waals surface area (Å²) in [5.74, 6) is 0.429. The zero-order valence-electron chi connectivity index (χ0n) is 10.4. The zero-order valence-corrected chi connectivity index (χ0v) is 10.4. The van der Waals surface area contributed by atoms with Crippen molar-refractivity contribution in [3.63, 3.8) is 0 Å². The van der Waals surface area contributed by atoms with Gasteiger partial charge in [-0.1, -0.05) is 13.8 Å². The molecule has 0 spiro atoms. The van der Waals surface area contributed by atoms with E-state index in [1.807, 2.05) is 4.57 Å². The summed E-state index contributed by atoms with van der Waals surface area (Å²) in [6, 6.07) is 0.0994. The number of methoxy groups -OCH3 is 2. The van der Waals surface area contributed by atoms with Gasteiger partial charge >= 0.3 is 0 Å². The van der Waals surface area contributed by atoms with Gasteiger partial charge in [0.1, 0.15) is 0 Å². The highest BCUT2D eigenvalue weighted by Crippen LogP contribution is 2.17. The van der Waals surface area contributed by atoms with Gasteiger partial charge in [0.25, 0.3) is 0 Å². The van der Waals surface area contributed by atoms with Crippen molar-refractivity contribution in [2.45, 2.75) is 32.7 Å². The molecule has 0 aliphatic rings. The van der Waals surface area contributed by atoms with E-state index in [1.54, 1.807) is 26.7 Å². The molecule has 5 heteroatoms. The molecule has 5 nitrogen and oxygen atoms in total. The number of nitrogens with zero attached hydrogens (tertiary/aromatic N) is 2. The van der Waals surface area contributed by atoms with Crippen LogP contribution in [0.2, 0.25) is 0 Å². The Labute approximate surface area is 96.6 Å². The molecule has 1 heterocycles. The molecule has 0 saturated heterocycles. The highest BCUT2D eigenvalue weighted by atomic mass is 16.7. The number of hydrogen-bond acceptors (Lipinski definition) is 4. The van der Waals surface area contributed by atoms with Gasteiger partial charge in [-0.3, -0.25) is 0 Å². The van der Waals surface area contributed by atoms with Gasteiger partial charge in [0, 0.05) is 26.8 Å². The maximum Gasteiger partial charge on any atom is 0.200 e. The Morgan fingerprint density at radius 2 is 2.00 bits per heavy atom. The highest BCUT2D eigenvalue weighted by molar-refractivity contribution is 5.01. The van der Waals surface area contributed by atoms with E-state index in [0.29, 0.717) is 5.92 Å². The molecule has 92 valence electrons. The van der Waals surface area contributed by atoms with Gasteiger partial charge in [0.05, 0.1) is 18.2 Å². The third-order valence-corrected chi connectivity index (χ3v) is 2.68. The Hall–Kier alpha value is -0.910. The second-order valence-corrected chi connectivity index (χ2v) is 4.18. The lowest BCUT2D eigenvalue weighted by atomic mass is 10.1. The molecule has 1 aromatic rings. The minimum absolute atomic E-state index is 0.0994. The maximum absolute atomic E-state index is 6.03. The summed E-state index contributed by atoms with van der Waals surface area (Å²) in [6.45, 7) is 4.92. The van der Waals surface area contributed by atoms with Crippen molar-refractivity contribution in [2.75, 3.05) is 14.2 Å². The van der Waals surface area contributed by atoms with E-state index >= 15 is 0 Å². The first-order chi connectivity index (χ1) is 7.60. The predicted molar refractivity (Wildman–Crippen MR) is 61.8 cm³/mol. The van der Waals surface area contributed by atoms with Crippen molar-refractivity contribution in [1.29, 1.82) is 0 Å². The summed E-state index contributed by atoms with van der Waals surface area (Å²) in [4.78, 5) is 4.10. The summed E-state index contributed by atoms with van der Waals surface area (Å²) in [5, 5.41) is 0. The van der Waals surface area contributed by atoms with Gasteiger partial charge < -0.3 is 19.8 Å². The first kappa shape index (κ1) is 13.2. The quantitative estimate of drug-likeness (QED) is 0.741. The molecule has 0 saturated carbocycles. The molecule has 0 amide bonds. The van der Waals surface area contributed by atoms with Crippen LogP contribution in [0.4, 0.5) is 0 Å². The second kappa shape index (κ2) is 5.98. The fourth-order valence-corrected chi connectivity index (χ4v) is 1.46. The first-order valence-corrected chi connectivity index (χ1v) is 5.41. The smallest absolute Gasteiger partial charge is 0.200 e. The molecule has 2 N–H and O–H groups in total. The summed E-state index contributed by atoms with van der Waals surface area (Å²) in [5.41, 5.74) is 6.92. The molecule has 1 rings (SSSR count). The van der Waals surface area contributed by atoms with Crippen LogP contribution in [-0.4, -0.2) is 29.8 Å². The molecule has 0 aliphatic heterocycles. The Bertz CT molecular complexity index is 308. The molecule has 16 heavy (non-hydrogen) atoms. The Morgan fingerprint density at radius 3 is 2.50 bits per heavy atom. The van der Waals surface area contributed by atoms with Crippen LogP contribution in [-0.2, 0) is 16.0 Å². The lowest BCUT2D eigenvalue weighted by molar-refractivity contribution is -0.110. The highest BCUT2D eigenvalue weighted by Gasteiger charge is 2.17. The lowest BCUT2D eigenvalue weighted by Gasteiger charge is -2.20. The van der Waals surface area contributed by atoms with Crippen LogP contribution < -0.4 is 5.73 Å². The summed E-state index contributed by atoms with van der Waals surface area (Å²) < 4.78 is 12.4. The van der Waals surface area contributed by atoms with Crippen LogP contribution in [0.15, 0.2) is 12.5 Å². The van der Waals surface area contributed by atoms with E-state index in [2.05, 4.69) is 18.8 Å². The fraction of sp³-hybridized carbons (Fsp3) is 0.727. The zero-order chi connectivity index (χ0) is 12.1. The Kier molecular flexibility index (Phi) is 4.92. The van der Waals surface area contributed by atoms with Crippen molar-refractivity contribution >= 4 is 0 Å². The first-order valence-electron chi connectivity index (χ1n) is 5.41. The van der Waals surface area contributed by atoms with E-state index in [0.717, 1.165) is 12.2 Å². The van der Waals surface area contributed by atoms with E-state index in [-0.39, 0.29) is 12.3 Å². The molecule has 1 aromatic heterocycles. The third kappa shape index (κ3) is 3.04. The van der Waals surface area contributed by atoms with E-state index in [1.165, 1.54) is 0 Å². The van der Waals surface area contributed by atoms with Gasteiger partial charge in [-0.05, 0) is 5.92 Å². The number of hydrogen-bond donors (Lipinski definition) is 1. The molecule has 0 aromatic carbocycles. The van der Waals surface area contributed by atoms with Crippen LogP contribution >= 0.6 is 0 Å². The Morgan fingerprint density at radius 1 is 1.38 bits per heavy atom. The number of imidazole rings is 1. The Balaban J connectivity index is 2.77. The molecular formula is C11H21N3O2. The second-order valence-electron chi connectivity index (χ2n) is 4.18. The third-order valence-electron chi connectivity index (χ3n) is 2.68. The average Bonchev–Trinajstić information content (AvgIpc) is 2.68. The molecule has 0 bridgehead atoms. The van der Waals surface area contributed by atoms with Crippen molar-refractivity contribution in [2.24, 2.45) is 11.7 Å². The maximum atomic E-state index is 6.03. The van der Waals surface area contributed by atoms with E-state index in [9.17, 15) is 0 Å². The number of nitrogens with two attached hydrogens (primary N) is 1. The normalized spacial score (nSPS) is 13.7. The largest absolute Gasteiger partial charge is 0.350 e. The van der Waals surface area contributed by atoms with Crippen LogP contribution in [0, 0.1) is 5.92 Å². The fourth-order valence-electron chi connectivity index (χ4n) is 1.46. The van der Waals surface area contributed by atoms with Gasteiger partial charge in [-0.2, -0.15) is 0 Å². The van der Waals surface area contributed by atoms with Gasteiger partial charge in [-0.25, -0.2) is 4.98 Å². The minimum Gasteiger partial charge on any atom is -0.350 e. The van der Waals surface area contributed by atoms with Crippen LogP contribution in [0.1, 0.15) is 25.8 Å².